The van der Waals surface area contributed by atoms with Crippen LogP contribution in [-0.4, -0.2) is 32.9 Å². The van der Waals surface area contributed by atoms with Crippen molar-refractivity contribution >= 4 is 5.97 Å². The van der Waals surface area contributed by atoms with Gasteiger partial charge in [0.05, 0.1) is 32.5 Å². The summed E-state index contributed by atoms with van der Waals surface area (Å²) in [6, 6.07) is 15.6. The molecule has 2 aromatic carbocycles. The monoisotopic (exact) mass is 358 g/mol. The molecular formula is C20H22O6. The summed E-state index contributed by atoms with van der Waals surface area (Å²) < 4.78 is 27.4. The van der Waals surface area contributed by atoms with Gasteiger partial charge < -0.3 is 23.7 Å². The normalized spacial score (nSPS) is 14.3. The van der Waals surface area contributed by atoms with Crippen LogP contribution >= 0.6 is 0 Å². The van der Waals surface area contributed by atoms with Crippen LogP contribution in [0.3, 0.4) is 0 Å². The molecule has 1 aliphatic heterocycles. The maximum Gasteiger partial charge on any atom is 0.331 e. The third kappa shape index (κ3) is 4.82. The molecule has 0 aliphatic carbocycles. The maximum atomic E-state index is 11.2. The van der Waals surface area contributed by atoms with Crippen LogP contribution in [-0.2, 0) is 37.0 Å². The summed E-state index contributed by atoms with van der Waals surface area (Å²) in [4.78, 5) is 11.2. The summed E-state index contributed by atoms with van der Waals surface area (Å²) in [7, 11) is 1.33. The number of carbonyl (C=O) groups is 1. The molecular weight excluding hydrogens is 336 g/mol. The lowest BCUT2D eigenvalue weighted by Gasteiger charge is -2.19. The van der Waals surface area contributed by atoms with Gasteiger partial charge in [-0.1, -0.05) is 42.5 Å². The Bertz CT molecular complexity index is 709. The Morgan fingerprint density at radius 2 is 1.81 bits per heavy atom. The summed E-state index contributed by atoms with van der Waals surface area (Å²) >= 11 is 0. The Kier molecular flexibility index (Phi) is 6.60. The molecule has 1 fully saturated rings. The van der Waals surface area contributed by atoms with E-state index in [1.807, 2.05) is 48.5 Å². The molecule has 1 heterocycles. The van der Waals surface area contributed by atoms with Crippen LogP contribution in [0.25, 0.3) is 0 Å². The summed E-state index contributed by atoms with van der Waals surface area (Å²) in [5.74, 6) is 0.260. The van der Waals surface area contributed by atoms with Crippen LogP contribution in [0.15, 0.2) is 48.5 Å². The fraction of sp³-hybridized carbons (Fsp3) is 0.350. The number of methoxy groups -OCH3 is 1. The molecule has 0 atom stereocenters. The van der Waals surface area contributed by atoms with Crippen molar-refractivity contribution in [3.05, 3.63) is 65.2 Å². The van der Waals surface area contributed by atoms with Crippen LogP contribution in [0.2, 0.25) is 0 Å². The average Bonchev–Trinajstić information content (AvgIpc) is 3.21. The molecule has 0 spiro atoms. The van der Waals surface area contributed by atoms with Gasteiger partial charge in [-0.2, -0.15) is 0 Å². The van der Waals surface area contributed by atoms with E-state index in [-0.39, 0.29) is 13.2 Å². The lowest BCUT2D eigenvalue weighted by Crippen LogP contribution is -2.12. The molecule has 0 aromatic heterocycles. The Labute approximate surface area is 152 Å². The molecule has 0 amide bonds. The quantitative estimate of drug-likeness (QED) is 0.676. The van der Waals surface area contributed by atoms with Gasteiger partial charge in [0.2, 0.25) is 0 Å². The van der Waals surface area contributed by atoms with Crippen LogP contribution in [0.5, 0.6) is 5.75 Å². The zero-order chi connectivity index (χ0) is 18.2. The van der Waals surface area contributed by atoms with Gasteiger partial charge in [-0.25, -0.2) is 4.79 Å². The van der Waals surface area contributed by atoms with Gasteiger partial charge >= 0.3 is 5.97 Å². The van der Waals surface area contributed by atoms with Crippen molar-refractivity contribution < 1.29 is 28.5 Å². The number of rotatable bonds is 8. The Morgan fingerprint density at radius 1 is 1.04 bits per heavy atom. The van der Waals surface area contributed by atoms with E-state index in [4.69, 9.17) is 18.9 Å². The molecule has 0 N–H and O–H groups in total. The lowest BCUT2D eigenvalue weighted by molar-refractivity contribution is -0.146. The first-order valence-electron chi connectivity index (χ1n) is 8.44. The Balaban J connectivity index is 1.76. The molecule has 6 heteroatoms. The molecule has 1 saturated heterocycles. The first kappa shape index (κ1) is 18.4. The minimum atomic E-state index is -0.501. The third-order valence-electron chi connectivity index (χ3n) is 3.96. The molecule has 0 saturated carbocycles. The van der Waals surface area contributed by atoms with Crippen molar-refractivity contribution in [1.82, 2.24) is 0 Å². The second-order valence-corrected chi connectivity index (χ2v) is 5.75. The van der Waals surface area contributed by atoms with Crippen molar-refractivity contribution in [3.63, 3.8) is 0 Å². The van der Waals surface area contributed by atoms with E-state index in [0.717, 1.165) is 16.7 Å². The van der Waals surface area contributed by atoms with Crippen LogP contribution in [0, 0.1) is 0 Å². The van der Waals surface area contributed by atoms with E-state index in [0.29, 0.717) is 25.6 Å². The number of benzene rings is 2. The first-order chi connectivity index (χ1) is 12.8. The van der Waals surface area contributed by atoms with E-state index >= 15 is 0 Å². The zero-order valence-corrected chi connectivity index (χ0v) is 14.7. The van der Waals surface area contributed by atoms with Crippen LogP contribution < -0.4 is 4.74 Å². The highest BCUT2D eigenvalue weighted by Gasteiger charge is 2.25. The Hall–Kier alpha value is -2.41. The van der Waals surface area contributed by atoms with Crippen molar-refractivity contribution in [1.29, 1.82) is 0 Å². The van der Waals surface area contributed by atoms with Crippen molar-refractivity contribution in [2.75, 3.05) is 26.9 Å². The molecule has 26 heavy (non-hydrogen) atoms. The molecule has 6 nitrogen and oxygen atoms in total. The van der Waals surface area contributed by atoms with Gasteiger partial charge in [-0.15, -0.1) is 0 Å². The van der Waals surface area contributed by atoms with Gasteiger partial charge in [-0.3, -0.25) is 0 Å². The van der Waals surface area contributed by atoms with Crippen molar-refractivity contribution in [2.45, 2.75) is 19.5 Å². The summed E-state index contributed by atoms with van der Waals surface area (Å²) in [6.07, 6.45) is -0.501. The summed E-state index contributed by atoms with van der Waals surface area (Å²) in [5, 5.41) is 0. The smallest absolute Gasteiger partial charge is 0.331 e. The zero-order valence-electron chi connectivity index (χ0n) is 14.7. The third-order valence-corrected chi connectivity index (χ3v) is 3.96. The van der Waals surface area contributed by atoms with Crippen LogP contribution in [0.4, 0.5) is 0 Å². The summed E-state index contributed by atoms with van der Waals surface area (Å²) in [5.41, 5.74) is 2.72. The molecule has 138 valence electrons. The van der Waals surface area contributed by atoms with Gasteiger partial charge in [0.15, 0.2) is 6.29 Å². The van der Waals surface area contributed by atoms with E-state index in [1.165, 1.54) is 7.11 Å². The van der Waals surface area contributed by atoms with Gasteiger partial charge in [0.25, 0.3) is 0 Å². The minimum Gasteiger partial charge on any atom is -0.488 e. The first-order valence-corrected chi connectivity index (χ1v) is 8.44. The predicted molar refractivity (Wildman–Crippen MR) is 93.5 cm³/mol. The van der Waals surface area contributed by atoms with E-state index in [2.05, 4.69) is 4.74 Å². The summed E-state index contributed by atoms with van der Waals surface area (Å²) in [6.45, 7) is 1.61. The molecule has 0 radical (unpaired) electrons. The second kappa shape index (κ2) is 9.33. The number of ether oxygens (including phenoxy) is 5. The molecule has 0 bridgehead atoms. The van der Waals surface area contributed by atoms with Gasteiger partial charge in [0, 0.05) is 0 Å². The average molecular weight is 358 g/mol. The van der Waals surface area contributed by atoms with Crippen molar-refractivity contribution in [3.8, 4) is 5.75 Å². The molecule has 3 rings (SSSR count). The maximum absolute atomic E-state index is 11.2. The van der Waals surface area contributed by atoms with E-state index < -0.39 is 12.3 Å². The highest BCUT2D eigenvalue weighted by atomic mass is 16.7. The van der Waals surface area contributed by atoms with Crippen molar-refractivity contribution in [2.24, 2.45) is 0 Å². The standard InChI is InChI=1S/C20H22O6/c1-22-18(21)14-23-13-16-8-5-9-17(19(16)20-24-10-11-25-20)26-12-15-6-3-2-4-7-15/h2-9,20H,10-14H2,1H3. The highest BCUT2D eigenvalue weighted by molar-refractivity contribution is 5.70. The lowest BCUT2D eigenvalue weighted by atomic mass is 10.1. The fourth-order valence-electron chi connectivity index (χ4n) is 2.67. The SMILES string of the molecule is COC(=O)COCc1cccc(OCc2ccccc2)c1C1OCCO1. The fourth-order valence-corrected chi connectivity index (χ4v) is 2.67. The highest BCUT2D eigenvalue weighted by Crippen LogP contribution is 2.35. The number of carbonyl (C=O) groups excluding carboxylic acids is 1. The largest absolute Gasteiger partial charge is 0.488 e. The molecule has 1 aliphatic rings. The van der Waals surface area contributed by atoms with E-state index in [1.54, 1.807) is 0 Å². The molecule has 0 unspecified atom stereocenters. The Morgan fingerprint density at radius 3 is 2.54 bits per heavy atom. The van der Waals surface area contributed by atoms with Crippen LogP contribution in [0.1, 0.15) is 23.0 Å². The molecule has 2 aromatic rings. The van der Waals surface area contributed by atoms with Gasteiger partial charge in [0.1, 0.15) is 19.0 Å². The number of hydrogen-bond donors (Lipinski definition) is 0. The number of hydrogen-bond acceptors (Lipinski definition) is 6. The second-order valence-electron chi connectivity index (χ2n) is 5.75. The number of esters is 1. The topological polar surface area (TPSA) is 63.2 Å². The predicted octanol–water partition coefficient (Wildman–Crippen LogP) is 3.00. The minimum absolute atomic E-state index is 0.114. The van der Waals surface area contributed by atoms with E-state index in [9.17, 15) is 4.79 Å². The van der Waals surface area contributed by atoms with Gasteiger partial charge in [-0.05, 0) is 17.2 Å².